The number of hydrogen-bond acceptors (Lipinski definition) is 0. The molecule has 0 N–H and O–H groups in total. The highest BCUT2D eigenvalue weighted by molar-refractivity contribution is 5.88. The minimum absolute atomic E-state index is 0.00794. The fraction of sp³-hybridized carbons (Fsp3) is 0.194. The first kappa shape index (κ1) is 48.1. The lowest BCUT2D eigenvalue weighted by Crippen LogP contribution is -2.23. The Balaban J connectivity index is 0.000000134. The molecule has 0 fully saturated rings. The van der Waals surface area contributed by atoms with Crippen LogP contribution in [0.15, 0.2) is 230 Å². The zero-order valence-electron chi connectivity index (χ0n) is 43.6. The van der Waals surface area contributed by atoms with Crippen LogP contribution in [0, 0.1) is 20.8 Å². The van der Waals surface area contributed by atoms with Gasteiger partial charge in [0.25, 0.3) is 0 Å². The second kappa shape index (κ2) is 20.3. The average Bonchev–Trinajstić information content (AvgIpc) is 3.89. The molecule has 0 saturated heterocycles. The van der Waals surface area contributed by atoms with Gasteiger partial charge in [0.1, 0.15) is 0 Å². The molecule has 0 amide bonds. The zero-order valence-corrected chi connectivity index (χ0v) is 43.6. The van der Waals surface area contributed by atoms with E-state index in [1.54, 1.807) is 16.7 Å². The second-order valence-corrected chi connectivity index (χ2v) is 20.6. The summed E-state index contributed by atoms with van der Waals surface area (Å²) in [4.78, 5) is 0. The molecule has 0 radical (unpaired) electrons. The van der Waals surface area contributed by atoms with E-state index in [1.807, 2.05) is 13.8 Å². The summed E-state index contributed by atoms with van der Waals surface area (Å²) in [6, 6.07) is 64.6. The summed E-state index contributed by atoms with van der Waals surface area (Å²) in [7, 11) is 0. The van der Waals surface area contributed by atoms with Crippen molar-refractivity contribution in [2.75, 3.05) is 0 Å². The number of benzene rings is 8. The maximum absolute atomic E-state index is 2.42. The fourth-order valence-corrected chi connectivity index (χ4v) is 12.1. The molecule has 0 spiro atoms. The molecule has 72 heavy (non-hydrogen) atoms. The average molecular weight is 933 g/mol. The number of rotatable bonds is 4. The standard InChI is InChI=1S/C34H28.C22H20.C14H14.C2H6/c1-23-14-16-30-31-17-15-26(22-33(31)34(2,3)32(30)18-23)29-20-27(24-10-6-4-7-11-24)19-28(21-29)25-12-8-5-9-13-25;1-16-10-9-15-20-21(16)18-13-7-8-14-19(18)22(20,2)17-11-5-3-4-6-12-17;1-10-5-4-7-12-9-11-6-2-3-8-13(11)14(10)12;1-2/h4-22H,1-3H3;3-11,13-15H,12H2,1-2H3;2,4-7H,3,8-9H2,1H3;1-2H3. The van der Waals surface area contributed by atoms with Crippen molar-refractivity contribution < 1.29 is 0 Å². The van der Waals surface area contributed by atoms with Crippen LogP contribution in [0.4, 0.5) is 0 Å². The first-order valence-corrected chi connectivity index (χ1v) is 26.3. The van der Waals surface area contributed by atoms with E-state index in [2.05, 4.69) is 260 Å². The predicted molar refractivity (Wildman–Crippen MR) is 311 cm³/mol. The van der Waals surface area contributed by atoms with E-state index in [9.17, 15) is 0 Å². The molecule has 1 unspecified atom stereocenters. The van der Waals surface area contributed by atoms with Crippen molar-refractivity contribution in [3.05, 3.63) is 280 Å². The highest BCUT2D eigenvalue weighted by Crippen LogP contribution is 2.55. The normalized spacial score (nSPS) is 16.7. The van der Waals surface area contributed by atoms with Gasteiger partial charge in [0.2, 0.25) is 0 Å². The van der Waals surface area contributed by atoms with Crippen molar-refractivity contribution in [1.29, 1.82) is 0 Å². The topological polar surface area (TPSA) is 0 Å². The first-order chi connectivity index (χ1) is 35.1. The van der Waals surface area contributed by atoms with E-state index in [4.69, 9.17) is 0 Å². The van der Waals surface area contributed by atoms with Gasteiger partial charge >= 0.3 is 0 Å². The monoisotopic (exact) mass is 933 g/mol. The zero-order chi connectivity index (χ0) is 50.0. The van der Waals surface area contributed by atoms with Gasteiger partial charge in [-0.2, -0.15) is 0 Å². The second-order valence-electron chi connectivity index (χ2n) is 20.6. The van der Waals surface area contributed by atoms with Gasteiger partial charge in [0, 0.05) is 10.8 Å². The Morgan fingerprint density at radius 1 is 0.431 bits per heavy atom. The van der Waals surface area contributed by atoms with Gasteiger partial charge < -0.3 is 0 Å². The van der Waals surface area contributed by atoms with Crippen LogP contribution in [0.3, 0.4) is 0 Å². The molecular formula is C72H68. The molecule has 8 aromatic carbocycles. The summed E-state index contributed by atoms with van der Waals surface area (Å²) in [5.74, 6) is 0. The molecule has 1 atom stereocenters. The molecule has 356 valence electrons. The third-order valence-corrected chi connectivity index (χ3v) is 15.8. The van der Waals surface area contributed by atoms with Gasteiger partial charge in [0.15, 0.2) is 0 Å². The summed E-state index contributed by atoms with van der Waals surface area (Å²) >= 11 is 0. The largest absolute Gasteiger partial charge is 0.0839 e. The van der Waals surface area contributed by atoms with Crippen molar-refractivity contribution in [1.82, 2.24) is 0 Å². The Bertz CT molecular complexity index is 3410. The van der Waals surface area contributed by atoms with E-state index in [0.29, 0.717) is 0 Å². The number of allylic oxidation sites excluding steroid dienone is 10. The minimum atomic E-state index is -0.0308. The van der Waals surface area contributed by atoms with Gasteiger partial charge in [-0.05, 0) is 189 Å². The van der Waals surface area contributed by atoms with Crippen LogP contribution in [-0.4, -0.2) is 0 Å². The molecule has 0 aliphatic heterocycles. The maximum Gasteiger partial charge on any atom is 0.0401 e. The molecule has 8 aromatic rings. The Kier molecular flexibility index (Phi) is 13.6. The maximum atomic E-state index is 2.42. The van der Waals surface area contributed by atoms with Crippen LogP contribution in [0.2, 0.25) is 0 Å². The van der Waals surface area contributed by atoms with Crippen molar-refractivity contribution in [2.24, 2.45) is 0 Å². The number of aryl methyl sites for hydroxylation is 3. The lowest BCUT2D eigenvalue weighted by molar-refractivity contribution is 0.660. The summed E-state index contributed by atoms with van der Waals surface area (Å²) in [6.45, 7) is 17.7. The summed E-state index contributed by atoms with van der Waals surface area (Å²) < 4.78 is 0. The van der Waals surface area contributed by atoms with E-state index in [1.165, 1.54) is 119 Å². The molecule has 0 heterocycles. The summed E-state index contributed by atoms with van der Waals surface area (Å²) in [5, 5.41) is 0. The molecule has 0 nitrogen and oxygen atoms in total. The number of hydrogen-bond donors (Lipinski definition) is 0. The highest BCUT2D eigenvalue weighted by atomic mass is 14.4. The summed E-state index contributed by atoms with van der Waals surface area (Å²) in [6.07, 6.45) is 20.2. The van der Waals surface area contributed by atoms with Crippen LogP contribution in [0.1, 0.15) is 104 Å². The Labute approximate surface area is 430 Å². The van der Waals surface area contributed by atoms with Crippen molar-refractivity contribution in [2.45, 2.75) is 91.9 Å². The molecule has 13 rings (SSSR count). The molecule has 5 aliphatic carbocycles. The molecule has 0 bridgehead atoms. The quantitative estimate of drug-likeness (QED) is 0.165. The molecule has 5 aliphatic rings. The van der Waals surface area contributed by atoms with Crippen LogP contribution in [-0.2, 0) is 17.3 Å². The SMILES string of the molecule is CC.Cc1ccc2c(c1)C(C)(C)c1cc(-c3cc(-c4ccccc4)cc(-c4ccccc4)c3)ccc1-2.Cc1cccc2c1-c1ccccc1C2(C)C1=CC=CC=CC1.Cc1cccc2c1C1=C(C=CCC1)C2. The van der Waals surface area contributed by atoms with E-state index in [-0.39, 0.29) is 10.8 Å². The molecule has 0 heteroatoms. The van der Waals surface area contributed by atoms with Crippen molar-refractivity contribution in [3.63, 3.8) is 0 Å². The van der Waals surface area contributed by atoms with Crippen molar-refractivity contribution in [3.8, 4) is 55.6 Å². The van der Waals surface area contributed by atoms with Gasteiger partial charge in [0.05, 0.1) is 0 Å². The van der Waals surface area contributed by atoms with Crippen LogP contribution in [0.5, 0.6) is 0 Å². The molecule has 0 saturated carbocycles. The molecule has 0 aromatic heterocycles. The summed E-state index contributed by atoms with van der Waals surface area (Å²) in [5.41, 5.74) is 30.6. The highest BCUT2D eigenvalue weighted by Gasteiger charge is 2.42. The van der Waals surface area contributed by atoms with E-state index < -0.39 is 0 Å². The Hall–Kier alpha value is -7.54. The lowest BCUT2D eigenvalue weighted by Gasteiger charge is -2.30. The van der Waals surface area contributed by atoms with E-state index in [0.717, 1.165) is 12.8 Å². The smallest absolute Gasteiger partial charge is 0.0401 e. The number of fused-ring (bicyclic) bond motifs is 8. The fourth-order valence-electron chi connectivity index (χ4n) is 12.1. The lowest BCUT2D eigenvalue weighted by atomic mass is 9.72. The predicted octanol–water partition coefficient (Wildman–Crippen LogP) is 19.7. The Morgan fingerprint density at radius 3 is 1.74 bits per heavy atom. The third kappa shape index (κ3) is 8.83. The first-order valence-electron chi connectivity index (χ1n) is 26.3. The van der Waals surface area contributed by atoms with Crippen LogP contribution in [0.25, 0.3) is 61.2 Å². The Morgan fingerprint density at radius 2 is 1.03 bits per heavy atom. The van der Waals surface area contributed by atoms with Gasteiger partial charge in [-0.1, -0.05) is 233 Å². The van der Waals surface area contributed by atoms with Gasteiger partial charge in [-0.3, -0.25) is 0 Å². The minimum Gasteiger partial charge on any atom is -0.0839 e. The van der Waals surface area contributed by atoms with Gasteiger partial charge in [-0.15, -0.1) is 0 Å². The van der Waals surface area contributed by atoms with E-state index >= 15 is 0 Å². The van der Waals surface area contributed by atoms with Crippen molar-refractivity contribution >= 4 is 5.57 Å². The molecular weight excluding hydrogens is 865 g/mol. The van der Waals surface area contributed by atoms with Crippen LogP contribution >= 0.6 is 0 Å². The third-order valence-electron chi connectivity index (χ3n) is 15.8. The van der Waals surface area contributed by atoms with Gasteiger partial charge in [-0.25, -0.2) is 0 Å². The van der Waals surface area contributed by atoms with Crippen LogP contribution < -0.4 is 0 Å².